The Labute approximate surface area is 215 Å². The monoisotopic (exact) mass is 496 g/mol. The summed E-state index contributed by atoms with van der Waals surface area (Å²) in [5, 5.41) is 2.90. The SMILES string of the molecule is C=C(C(N)=O)C(CCCCCCCCCC(C)C)NC(=O)C1CCCN1C(=O)CN.CC.CCC. The van der Waals surface area contributed by atoms with Gasteiger partial charge in [-0.05, 0) is 25.2 Å². The molecule has 1 rings (SSSR count). The van der Waals surface area contributed by atoms with E-state index in [2.05, 4.69) is 39.6 Å². The van der Waals surface area contributed by atoms with Crippen molar-refractivity contribution in [3.8, 4) is 0 Å². The summed E-state index contributed by atoms with van der Waals surface area (Å²) in [6.07, 6.45) is 12.7. The number of nitrogens with two attached hydrogens (primary N) is 2. The Morgan fingerprint density at radius 1 is 0.971 bits per heavy atom. The number of likely N-dealkylation sites (tertiary alicyclic amines) is 1. The summed E-state index contributed by atoms with van der Waals surface area (Å²) in [4.78, 5) is 37.9. The van der Waals surface area contributed by atoms with E-state index in [-0.39, 0.29) is 23.9 Å². The molecule has 2 atom stereocenters. The maximum atomic E-state index is 12.8. The minimum absolute atomic E-state index is 0.112. The summed E-state index contributed by atoms with van der Waals surface area (Å²) < 4.78 is 0. The van der Waals surface area contributed by atoms with Crippen LogP contribution in [-0.4, -0.2) is 47.8 Å². The van der Waals surface area contributed by atoms with Crippen molar-refractivity contribution in [2.45, 2.75) is 131 Å². The van der Waals surface area contributed by atoms with E-state index in [1.165, 1.54) is 43.4 Å². The fourth-order valence-corrected chi connectivity index (χ4v) is 4.01. The molecule has 0 saturated carbocycles. The van der Waals surface area contributed by atoms with Crippen molar-refractivity contribution in [2.75, 3.05) is 13.1 Å². The lowest BCUT2D eigenvalue weighted by Crippen LogP contribution is -2.51. The first-order valence-electron chi connectivity index (χ1n) is 14.0. The van der Waals surface area contributed by atoms with E-state index in [0.717, 1.165) is 31.6 Å². The Morgan fingerprint density at radius 3 is 1.91 bits per heavy atom. The van der Waals surface area contributed by atoms with Crippen LogP contribution in [0.1, 0.15) is 119 Å². The molecule has 7 nitrogen and oxygen atoms in total. The molecule has 3 amide bonds. The Bertz CT molecular complexity index is 593. The molecule has 0 aromatic carbocycles. The molecule has 0 bridgehead atoms. The third-order valence-corrected chi connectivity index (χ3v) is 5.88. The average molecular weight is 497 g/mol. The lowest BCUT2D eigenvalue weighted by atomic mass is 9.99. The van der Waals surface area contributed by atoms with Gasteiger partial charge < -0.3 is 21.7 Å². The van der Waals surface area contributed by atoms with Crippen molar-refractivity contribution in [3.63, 3.8) is 0 Å². The van der Waals surface area contributed by atoms with Gasteiger partial charge in [0.15, 0.2) is 0 Å². The number of nitrogens with one attached hydrogen (secondary N) is 1. The van der Waals surface area contributed by atoms with Gasteiger partial charge in [0.2, 0.25) is 17.7 Å². The zero-order valence-corrected chi connectivity index (χ0v) is 23.7. The van der Waals surface area contributed by atoms with Crippen LogP contribution in [-0.2, 0) is 14.4 Å². The van der Waals surface area contributed by atoms with E-state index in [0.29, 0.717) is 19.4 Å². The second-order valence-electron chi connectivity index (χ2n) is 9.55. The Morgan fingerprint density at radius 2 is 1.46 bits per heavy atom. The number of carbonyl (C=O) groups is 3. The first kappa shape index (κ1) is 35.3. The molecule has 0 spiro atoms. The molecule has 0 aromatic rings. The summed E-state index contributed by atoms with van der Waals surface area (Å²) in [5.41, 5.74) is 11.1. The van der Waals surface area contributed by atoms with Gasteiger partial charge in [0.1, 0.15) is 6.04 Å². The highest BCUT2D eigenvalue weighted by atomic mass is 16.2. The van der Waals surface area contributed by atoms with Crippen molar-refractivity contribution in [3.05, 3.63) is 12.2 Å². The number of hydrogen-bond donors (Lipinski definition) is 3. The fourth-order valence-electron chi connectivity index (χ4n) is 4.01. The molecule has 0 radical (unpaired) electrons. The zero-order chi connectivity index (χ0) is 27.2. The van der Waals surface area contributed by atoms with Crippen molar-refractivity contribution in [2.24, 2.45) is 17.4 Å². The standard InChI is InChI=1S/C23H42N4O3.C3H8.C2H6/c1-17(2)12-9-7-5-4-6-8-10-13-19(18(3)22(25)29)26-23(30)20-14-11-15-27(20)21(28)16-24;1-3-2;1-2/h17,19-20H,3-16,24H2,1-2H3,(H2,25,29)(H,26,30);3H2,1-2H3;1-2H3. The van der Waals surface area contributed by atoms with E-state index in [4.69, 9.17) is 11.5 Å². The molecular weight excluding hydrogens is 440 g/mol. The number of rotatable bonds is 15. The molecule has 206 valence electrons. The second kappa shape index (κ2) is 22.6. The molecule has 1 fully saturated rings. The number of primary amides is 1. The molecule has 0 aromatic heterocycles. The smallest absolute Gasteiger partial charge is 0.246 e. The van der Waals surface area contributed by atoms with E-state index in [1.54, 1.807) is 0 Å². The fraction of sp³-hybridized carbons (Fsp3) is 0.821. The number of nitrogens with zero attached hydrogens (tertiary/aromatic N) is 1. The van der Waals surface area contributed by atoms with Gasteiger partial charge in [-0.2, -0.15) is 0 Å². The van der Waals surface area contributed by atoms with Gasteiger partial charge in [-0.15, -0.1) is 0 Å². The number of carbonyl (C=O) groups excluding carboxylic acids is 3. The highest BCUT2D eigenvalue weighted by molar-refractivity contribution is 5.94. The van der Waals surface area contributed by atoms with Gasteiger partial charge in [0.05, 0.1) is 12.6 Å². The molecule has 35 heavy (non-hydrogen) atoms. The predicted octanol–water partition coefficient (Wildman–Crippen LogP) is 5.07. The molecule has 7 heteroatoms. The summed E-state index contributed by atoms with van der Waals surface area (Å²) in [6, 6.07) is -1.02. The van der Waals surface area contributed by atoms with Gasteiger partial charge in [0, 0.05) is 12.1 Å². The van der Waals surface area contributed by atoms with Crippen LogP contribution in [0.15, 0.2) is 12.2 Å². The van der Waals surface area contributed by atoms with Crippen molar-refractivity contribution in [1.82, 2.24) is 10.2 Å². The summed E-state index contributed by atoms with van der Waals surface area (Å²) in [7, 11) is 0. The molecule has 1 aliphatic heterocycles. The van der Waals surface area contributed by atoms with E-state index in [9.17, 15) is 14.4 Å². The number of hydrogen-bond acceptors (Lipinski definition) is 4. The van der Waals surface area contributed by atoms with Gasteiger partial charge in [-0.1, -0.05) is 106 Å². The van der Waals surface area contributed by atoms with Gasteiger partial charge in [-0.3, -0.25) is 14.4 Å². The summed E-state index contributed by atoms with van der Waals surface area (Å²) >= 11 is 0. The zero-order valence-electron chi connectivity index (χ0n) is 23.7. The van der Waals surface area contributed by atoms with Crippen LogP contribution in [0.4, 0.5) is 0 Å². The maximum absolute atomic E-state index is 12.8. The molecule has 5 N–H and O–H groups in total. The minimum atomic E-state index is -0.605. The van der Waals surface area contributed by atoms with Crippen LogP contribution in [0, 0.1) is 5.92 Å². The quantitative estimate of drug-likeness (QED) is 0.216. The van der Waals surface area contributed by atoms with E-state index < -0.39 is 18.0 Å². The summed E-state index contributed by atoms with van der Waals surface area (Å²) in [5.74, 6) is -0.315. The highest BCUT2D eigenvalue weighted by Crippen LogP contribution is 2.19. The normalized spacial score (nSPS) is 15.4. The van der Waals surface area contributed by atoms with Crippen LogP contribution in [0.2, 0.25) is 0 Å². The predicted molar refractivity (Wildman–Crippen MR) is 148 cm³/mol. The van der Waals surface area contributed by atoms with Crippen molar-refractivity contribution in [1.29, 1.82) is 0 Å². The molecule has 0 aliphatic carbocycles. The first-order chi connectivity index (χ1) is 16.7. The lowest BCUT2D eigenvalue weighted by Gasteiger charge is -2.26. The van der Waals surface area contributed by atoms with Gasteiger partial charge in [-0.25, -0.2) is 0 Å². The molecule has 2 unspecified atom stereocenters. The third-order valence-electron chi connectivity index (χ3n) is 5.88. The third kappa shape index (κ3) is 16.4. The topological polar surface area (TPSA) is 119 Å². The minimum Gasteiger partial charge on any atom is -0.366 e. The Kier molecular flexibility index (Phi) is 22.7. The van der Waals surface area contributed by atoms with Crippen LogP contribution >= 0.6 is 0 Å². The summed E-state index contributed by atoms with van der Waals surface area (Å²) in [6.45, 7) is 17.0. The van der Waals surface area contributed by atoms with Gasteiger partial charge in [0.25, 0.3) is 0 Å². The molecule has 1 heterocycles. The Hall–Kier alpha value is -1.89. The van der Waals surface area contributed by atoms with E-state index >= 15 is 0 Å². The number of unbranched alkanes of at least 4 members (excludes halogenated alkanes) is 6. The molecule has 1 saturated heterocycles. The maximum Gasteiger partial charge on any atom is 0.246 e. The van der Waals surface area contributed by atoms with Gasteiger partial charge >= 0.3 is 0 Å². The van der Waals surface area contributed by atoms with Crippen molar-refractivity contribution >= 4 is 17.7 Å². The molecule has 1 aliphatic rings. The average Bonchev–Trinajstić information content (AvgIpc) is 3.33. The first-order valence-corrected chi connectivity index (χ1v) is 14.0. The number of amides is 3. The van der Waals surface area contributed by atoms with Crippen LogP contribution in [0.25, 0.3) is 0 Å². The second-order valence-corrected chi connectivity index (χ2v) is 9.55. The van der Waals surface area contributed by atoms with E-state index in [1.807, 2.05) is 13.8 Å². The highest BCUT2D eigenvalue weighted by Gasteiger charge is 2.34. The lowest BCUT2D eigenvalue weighted by molar-refractivity contribution is -0.137. The van der Waals surface area contributed by atoms with Crippen LogP contribution < -0.4 is 16.8 Å². The van der Waals surface area contributed by atoms with Crippen LogP contribution in [0.5, 0.6) is 0 Å². The van der Waals surface area contributed by atoms with Crippen molar-refractivity contribution < 1.29 is 14.4 Å². The largest absolute Gasteiger partial charge is 0.366 e. The van der Waals surface area contributed by atoms with Crippen LogP contribution in [0.3, 0.4) is 0 Å². The molecular formula is C28H56N4O3. The Balaban J connectivity index is 0.